The van der Waals surface area contributed by atoms with Crippen molar-refractivity contribution in [1.29, 1.82) is 0 Å². The van der Waals surface area contributed by atoms with E-state index in [-0.39, 0.29) is 12.5 Å². The number of aliphatic carboxylic acids is 1. The normalized spacial score (nSPS) is 26.1. The number of carboxylic acid groups (broad SMARTS) is 1. The van der Waals surface area contributed by atoms with Gasteiger partial charge in [-0.3, -0.25) is 19.7 Å². The average Bonchev–Trinajstić information content (AvgIpc) is 2.87. The number of rotatable bonds is 3. The molecule has 8 heteroatoms. The number of nitrogens with zero attached hydrogens (tertiary/aromatic N) is 1. The van der Waals surface area contributed by atoms with Gasteiger partial charge in [0.2, 0.25) is 0 Å². The van der Waals surface area contributed by atoms with Crippen LogP contribution in [0.4, 0.5) is 4.79 Å². The lowest BCUT2D eigenvalue weighted by atomic mass is 9.91. The lowest BCUT2D eigenvalue weighted by molar-refractivity contribution is -0.143. The summed E-state index contributed by atoms with van der Waals surface area (Å²) in [5.74, 6) is -2.10. The molecule has 0 aliphatic carbocycles. The van der Waals surface area contributed by atoms with E-state index in [4.69, 9.17) is 5.11 Å². The van der Waals surface area contributed by atoms with Crippen molar-refractivity contribution in [1.82, 2.24) is 15.5 Å². The molecule has 4 amide bonds. The third-order valence-electron chi connectivity index (χ3n) is 4.81. The van der Waals surface area contributed by atoms with Crippen LogP contribution in [0, 0.1) is 5.92 Å². The smallest absolute Gasteiger partial charge is 0.322 e. The summed E-state index contributed by atoms with van der Waals surface area (Å²) >= 11 is 0. The number of hydrogen-bond donors (Lipinski definition) is 3. The molecule has 1 aromatic carbocycles. The molecule has 0 radical (unpaired) electrons. The summed E-state index contributed by atoms with van der Waals surface area (Å²) in [5.41, 5.74) is -0.185. The van der Waals surface area contributed by atoms with Crippen molar-refractivity contribution >= 4 is 23.8 Å². The van der Waals surface area contributed by atoms with Gasteiger partial charge in [-0.15, -0.1) is 0 Å². The molecule has 0 saturated carbocycles. The Balaban J connectivity index is 1.76. The highest BCUT2D eigenvalue weighted by Gasteiger charge is 2.43. The highest BCUT2D eigenvalue weighted by molar-refractivity contribution is 6.07. The number of likely N-dealkylation sites (tertiary alicyclic amines) is 1. The Labute approximate surface area is 144 Å². The van der Waals surface area contributed by atoms with Crippen LogP contribution in [-0.2, 0) is 15.1 Å². The van der Waals surface area contributed by atoms with E-state index in [1.54, 1.807) is 36.1 Å². The van der Waals surface area contributed by atoms with Crippen LogP contribution in [0.2, 0.25) is 0 Å². The second-order valence-corrected chi connectivity index (χ2v) is 6.54. The summed E-state index contributed by atoms with van der Waals surface area (Å²) in [7, 11) is 0. The first-order valence-electron chi connectivity index (χ1n) is 8.07. The summed E-state index contributed by atoms with van der Waals surface area (Å²) in [4.78, 5) is 48.6. The predicted molar refractivity (Wildman–Crippen MR) is 86.7 cm³/mol. The van der Waals surface area contributed by atoms with Gasteiger partial charge in [0.15, 0.2) is 0 Å². The molecule has 2 heterocycles. The second-order valence-electron chi connectivity index (χ2n) is 6.54. The van der Waals surface area contributed by atoms with Crippen molar-refractivity contribution in [2.24, 2.45) is 5.92 Å². The highest BCUT2D eigenvalue weighted by atomic mass is 16.4. The maximum Gasteiger partial charge on any atom is 0.322 e. The zero-order valence-corrected chi connectivity index (χ0v) is 13.7. The number of urea groups is 1. The average molecular weight is 345 g/mol. The Hall–Kier alpha value is -2.90. The van der Waals surface area contributed by atoms with Crippen molar-refractivity contribution in [2.75, 3.05) is 13.1 Å². The van der Waals surface area contributed by atoms with E-state index < -0.39 is 29.4 Å². The fourth-order valence-electron chi connectivity index (χ4n) is 3.24. The van der Waals surface area contributed by atoms with E-state index >= 15 is 0 Å². The van der Waals surface area contributed by atoms with Crippen molar-refractivity contribution < 1.29 is 24.3 Å². The lowest BCUT2D eigenvalue weighted by Crippen LogP contribution is -2.42. The van der Waals surface area contributed by atoms with Crippen LogP contribution in [0.15, 0.2) is 24.3 Å². The molecule has 132 valence electrons. The standard InChI is InChI=1S/C17H19N3O5/c1-17(15(24)18-16(25)19-17)12-6-4-10(5-7-12)13(21)20-8-2-3-11(9-20)14(22)23/h4-7,11H,2-3,8-9H2,1H3,(H,22,23)(H2,18,19,24,25). The van der Waals surface area contributed by atoms with Gasteiger partial charge in [-0.2, -0.15) is 0 Å². The lowest BCUT2D eigenvalue weighted by Gasteiger charge is -2.31. The number of hydrogen-bond acceptors (Lipinski definition) is 4. The zero-order valence-electron chi connectivity index (χ0n) is 13.7. The van der Waals surface area contributed by atoms with E-state index in [2.05, 4.69) is 10.6 Å². The number of nitrogens with one attached hydrogen (secondary N) is 2. The van der Waals surface area contributed by atoms with Gasteiger partial charge in [-0.05, 0) is 37.5 Å². The SMILES string of the molecule is CC1(c2ccc(C(=O)N3CCCC(C(=O)O)C3)cc2)NC(=O)NC1=O. The minimum Gasteiger partial charge on any atom is -0.481 e. The Morgan fingerprint density at radius 3 is 2.48 bits per heavy atom. The van der Waals surface area contributed by atoms with Crippen molar-refractivity contribution in [3.63, 3.8) is 0 Å². The molecule has 2 aliphatic heterocycles. The van der Waals surface area contributed by atoms with E-state index in [9.17, 15) is 19.2 Å². The fraction of sp³-hybridized carbons (Fsp3) is 0.412. The first kappa shape index (κ1) is 16.9. The second kappa shape index (κ2) is 6.19. The summed E-state index contributed by atoms with van der Waals surface area (Å²) in [6.07, 6.45) is 1.23. The molecule has 3 N–H and O–H groups in total. The van der Waals surface area contributed by atoms with Gasteiger partial charge < -0.3 is 15.3 Å². The quantitative estimate of drug-likeness (QED) is 0.697. The van der Waals surface area contributed by atoms with Crippen molar-refractivity contribution in [2.45, 2.75) is 25.3 Å². The highest BCUT2D eigenvalue weighted by Crippen LogP contribution is 2.25. The predicted octanol–water partition coefficient (Wildman–Crippen LogP) is 0.678. The molecule has 2 saturated heterocycles. The molecule has 3 rings (SSSR count). The molecule has 8 nitrogen and oxygen atoms in total. The van der Waals surface area contributed by atoms with E-state index in [0.29, 0.717) is 30.5 Å². The third-order valence-corrected chi connectivity index (χ3v) is 4.81. The third kappa shape index (κ3) is 3.07. The van der Waals surface area contributed by atoms with E-state index in [1.165, 1.54) is 0 Å². The molecule has 25 heavy (non-hydrogen) atoms. The first-order valence-corrected chi connectivity index (χ1v) is 8.07. The van der Waals surface area contributed by atoms with Crippen LogP contribution in [0.1, 0.15) is 35.7 Å². The van der Waals surface area contributed by atoms with Gasteiger partial charge in [0.25, 0.3) is 11.8 Å². The van der Waals surface area contributed by atoms with Crippen LogP contribution in [0.5, 0.6) is 0 Å². The topological polar surface area (TPSA) is 116 Å². The number of piperidine rings is 1. The van der Waals surface area contributed by atoms with Gasteiger partial charge in [-0.25, -0.2) is 4.79 Å². The van der Waals surface area contributed by atoms with Crippen LogP contribution in [-0.4, -0.2) is 46.9 Å². The summed E-state index contributed by atoms with van der Waals surface area (Å²) in [6, 6.07) is 5.87. The Morgan fingerprint density at radius 2 is 1.92 bits per heavy atom. The fourth-order valence-corrected chi connectivity index (χ4v) is 3.24. The van der Waals surface area contributed by atoms with Gasteiger partial charge in [0.1, 0.15) is 5.54 Å². The Morgan fingerprint density at radius 1 is 1.24 bits per heavy atom. The molecular weight excluding hydrogens is 326 g/mol. The summed E-state index contributed by atoms with van der Waals surface area (Å²) in [5, 5.41) is 13.9. The van der Waals surface area contributed by atoms with E-state index in [1.807, 2.05) is 0 Å². The minimum absolute atomic E-state index is 0.200. The number of amides is 4. The molecule has 2 unspecified atom stereocenters. The zero-order chi connectivity index (χ0) is 18.2. The van der Waals surface area contributed by atoms with Crippen LogP contribution < -0.4 is 10.6 Å². The van der Waals surface area contributed by atoms with Crippen LogP contribution in [0.25, 0.3) is 0 Å². The monoisotopic (exact) mass is 345 g/mol. The molecule has 0 aromatic heterocycles. The van der Waals surface area contributed by atoms with Gasteiger partial charge in [-0.1, -0.05) is 12.1 Å². The molecular formula is C17H19N3O5. The number of benzene rings is 1. The molecule has 0 spiro atoms. The van der Waals surface area contributed by atoms with E-state index in [0.717, 1.165) is 0 Å². The van der Waals surface area contributed by atoms with Gasteiger partial charge in [0.05, 0.1) is 5.92 Å². The largest absolute Gasteiger partial charge is 0.481 e. The minimum atomic E-state index is -1.17. The molecule has 1 aromatic rings. The maximum atomic E-state index is 12.6. The van der Waals surface area contributed by atoms with Crippen molar-refractivity contribution in [3.8, 4) is 0 Å². The molecule has 0 bridgehead atoms. The molecule has 2 aliphatic rings. The number of imide groups is 1. The van der Waals surface area contributed by atoms with Crippen molar-refractivity contribution in [3.05, 3.63) is 35.4 Å². The Kier molecular flexibility index (Phi) is 4.20. The van der Waals surface area contributed by atoms with Gasteiger partial charge >= 0.3 is 12.0 Å². The summed E-state index contributed by atoms with van der Waals surface area (Å²) in [6.45, 7) is 2.32. The molecule has 2 fully saturated rings. The van der Waals surface area contributed by atoms with Gasteiger partial charge in [0, 0.05) is 18.7 Å². The number of carboxylic acids is 1. The number of carbonyl (C=O) groups is 4. The summed E-state index contributed by atoms with van der Waals surface area (Å²) < 4.78 is 0. The van der Waals surface area contributed by atoms with Crippen LogP contribution >= 0.6 is 0 Å². The maximum absolute atomic E-state index is 12.6. The first-order chi connectivity index (χ1) is 11.8. The van der Waals surface area contributed by atoms with Crippen LogP contribution in [0.3, 0.4) is 0 Å². The Bertz CT molecular complexity index is 745. The molecule has 2 atom stereocenters. The number of carbonyl (C=O) groups excluding carboxylic acids is 3.